The van der Waals surface area contributed by atoms with E-state index in [-0.39, 0.29) is 30.8 Å². The highest BCUT2D eigenvalue weighted by Crippen LogP contribution is 2.10. The van der Waals surface area contributed by atoms with Gasteiger partial charge in [-0.15, -0.1) is 24.8 Å². The standard InChI is InChI=1S/C14H21N3O2.2ClH/c1-19-14(18)12-4-2-6-16-13(12)5-3-9-17-10-7-15-8-11-17;;/h2,4,6,15H,3,5,7-11H2,1H3;2*1H. The molecule has 0 radical (unpaired) electrons. The van der Waals surface area contributed by atoms with Crippen molar-refractivity contribution in [3.8, 4) is 0 Å². The van der Waals surface area contributed by atoms with Crippen molar-refractivity contribution >= 4 is 30.8 Å². The summed E-state index contributed by atoms with van der Waals surface area (Å²) in [5, 5.41) is 3.34. The Morgan fingerprint density at radius 2 is 2.10 bits per heavy atom. The molecule has 2 heterocycles. The topological polar surface area (TPSA) is 54.5 Å². The average molecular weight is 336 g/mol. The third-order valence-electron chi connectivity index (χ3n) is 3.39. The summed E-state index contributed by atoms with van der Waals surface area (Å²) in [5.74, 6) is -0.301. The van der Waals surface area contributed by atoms with Gasteiger partial charge in [0.25, 0.3) is 0 Å². The zero-order chi connectivity index (χ0) is 13.5. The summed E-state index contributed by atoms with van der Waals surface area (Å²) in [6, 6.07) is 3.55. The summed E-state index contributed by atoms with van der Waals surface area (Å²) in [6.07, 6.45) is 3.56. The van der Waals surface area contributed by atoms with E-state index in [1.165, 1.54) is 7.11 Å². The van der Waals surface area contributed by atoms with Crippen LogP contribution in [0.3, 0.4) is 0 Å². The molecule has 1 aromatic rings. The zero-order valence-corrected chi connectivity index (χ0v) is 13.8. The van der Waals surface area contributed by atoms with Gasteiger partial charge < -0.3 is 15.0 Å². The minimum Gasteiger partial charge on any atom is -0.465 e. The number of carbonyl (C=O) groups excluding carboxylic acids is 1. The summed E-state index contributed by atoms with van der Waals surface area (Å²) in [6.45, 7) is 5.39. The Labute approximate surface area is 138 Å². The van der Waals surface area contributed by atoms with Gasteiger partial charge in [-0.05, 0) is 31.5 Å². The number of rotatable bonds is 5. The number of nitrogens with one attached hydrogen (secondary N) is 1. The van der Waals surface area contributed by atoms with Crippen molar-refractivity contribution in [2.24, 2.45) is 0 Å². The summed E-state index contributed by atoms with van der Waals surface area (Å²) >= 11 is 0. The Kier molecular flexibility index (Phi) is 10.3. The molecule has 1 saturated heterocycles. The fraction of sp³-hybridized carbons (Fsp3) is 0.571. The van der Waals surface area contributed by atoms with Crippen molar-refractivity contribution in [3.05, 3.63) is 29.6 Å². The first-order valence-corrected chi connectivity index (χ1v) is 6.76. The predicted octanol–water partition coefficient (Wildman–Crippen LogP) is 1.55. The van der Waals surface area contributed by atoms with Crippen LogP contribution in [0.15, 0.2) is 18.3 Å². The molecule has 1 aliphatic heterocycles. The second-order valence-corrected chi connectivity index (χ2v) is 4.68. The van der Waals surface area contributed by atoms with Crippen molar-refractivity contribution in [1.82, 2.24) is 15.2 Å². The molecule has 5 nitrogen and oxygen atoms in total. The lowest BCUT2D eigenvalue weighted by Gasteiger charge is -2.27. The van der Waals surface area contributed by atoms with Crippen LogP contribution in [0.5, 0.6) is 0 Å². The van der Waals surface area contributed by atoms with Crippen LogP contribution in [0.25, 0.3) is 0 Å². The van der Waals surface area contributed by atoms with E-state index in [9.17, 15) is 4.79 Å². The molecule has 0 bridgehead atoms. The largest absolute Gasteiger partial charge is 0.465 e. The quantitative estimate of drug-likeness (QED) is 0.827. The molecule has 1 aromatic heterocycles. The summed E-state index contributed by atoms with van der Waals surface area (Å²) in [7, 11) is 1.40. The molecule has 0 aromatic carbocycles. The number of piperazine rings is 1. The summed E-state index contributed by atoms with van der Waals surface area (Å²) < 4.78 is 4.78. The van der Waals surface area contributed by atoms with Crippen LogP contribution >= 0.6 is 24.8 Å². The SMILES string of the molecule is COC(=O)c1cccnc1CCCN1CCNCC1.Cl.Cl. The van der Waals surface area contributed by atoms with Crippen molar-refractivity contribution in [2.75, 3.05) is 39.8 Å². The van der Waals surface area contributed by atoms with Gasteiger partial charge in [0, 0.05) is 32.4 Å². The maximum Gasteiger partial charge on any atom is 0.339 e. The molecule has 1 N–H and O–H groups in total. The number of aromatic nitrogens is 1. The van der Waals surface area contributed by atoms with E-state index in [2.05, 4.69) is 15.2 Å². The predicted molar refractivity (Wildman–Crippen MR) is 87.7 cm³/mol. The molecule has 0 saturated carbocycles. The lowest BCUT2D eigenvalue weighted by Crippen LogP contribution is -2.43. The van der Waals surface area contributed by atoms with Crippen molar-refractivity contribution in [1.29, 1.82) is 0 Å². The third-order valence-corrected chi connectivity index (χ3v) is 3.39. The molecule has 21 heavy (non-hydrogen) atoms. The number of pyridine rings is 1. The van der Waals surface area contributed by atoms with E-state index < -0.39 is 0 Å². The number of aryl methyl sites for hydroxylation is 1. The van der Waals surface area contributed by atoms with Gasteiger partial charge in [-0.2, -0.15) is 0 Å². The molecule has 120 valence electrons. The molecule has 0 unspecified atom stereocenters. The van der Waals surface area contributed by atoms with E-state index in [0.29, 0.717) is 5.56 Å². The number of methoxy groups -OCH3 is 1. The van der Waals surface area contributed by atoms with Crippen molar-refractivity contribution < 1.29 is 9.53 Å². The van der Waals surface area contributed by atoms with Gasteiger partial charge in [-0.1, -0.05) is 0 Å². The highest BCUT2D eigenvalue weighted by molar-refractivity contribution is 5.90. The Bertz CT molecular complexity index is 426. The fourth-order valence-electron chi connectivity index (χ4n) is 2.34. The molecule has 0 atom stereocenters. The molecule has 1 aliphatic rings. The van der Waals surface area contributed by atoms with Gasteiger partial charge in [0.15, 0.2) is 0 Å². The van der Waals surface area contributed by atoms with Crippen LogP contribution in [0.4, 0.5) is 0 Å². The molecule has 7 heteroatoms. The van der Waals surface area contributed by atoms with Crippen LogP contribution in [-0.4, -0.2) is 55.7 Å². The number of hydrogen-bond donors (Lipinski definition) is 1. The first kappa shape index (κ1) is 20.1. The Balaban J connectivity index is 0.00000200. The first-order chi connectivity index (χ1) is 9.31. The van der Waals surface area contributed by atoms with Gasteiger partial charge in [-0.25, -0.2) is 4.79 Å². The van der Waals surface area contributed by atoms with E-state index in [0.717, 1.165) is 51.3 Å². The van der Waals surface area contributed by atoms with E-state index in [1.807, 2.05) is 0 Å². The van der Waals surface area contributed by atoms with E-state index in [4.69, 9.17) is 4.74 Å². The lowest BCUT2D eigenvalue weighted by atomic mass is 10.1. The number of nitrogens with zero attached hydrogens (tertiary/aromatic N) is 2. The molecule has 1 fully saturated rings. The lowest BCUT2D eigenvalue weighted by molar-refractivity contribution is 0.0598. The van der Waals surface area contributed by atoms with Gasteiger partial charge in [0.2, 0.25) is 0 Å². The molecule has 0 spiro atoms. The number of esters is 1. The van der Waals surface area contributed by atoms with E-state index >= 15 is 0 Å². The van der Waals surface area contributed by atoms with Gasteiger partial charge >= 0.3 is 5.97 Å². The minimum atomic E-state index is -0.301. The number of carbonyl (C=O) groups is 1. The van der Waals surface area contributed by atoms with Crippen LogP contribution < -0.4 is 5.32 Å². The molecular formula is C14H23Cl2N3O2. The van der Waals surface area contributed by atoms with Crippen molar-refractivity contribution in [3.63, 3.8) is 0 Å². The fourth-order valence-corrected chi connectivity index (χ4v) is 2.34. The zero-order valence-electron chi connectivity index (χ0n) is 12.2. The van der Waals surface area contributed by atoms with Gasteiger partial charge in [0.1, 0.15) is 0 Å². The van der Waals surface area contributed by atoms with Crippen LogP contribution in [-0.2, 0) is 11.2 Å². The second-order valence-electron chi connectivity index (χ2n) is 4.68. The molecular weight excluding hydrogens is 313 g/mol. The highest BCUT2D eigenvalue weighted by Gasteiger charge is 2.13. The molecule has 0 amide bonds. The monoisotopic (exact) mass is 335 g/mol. The Morgan fingerprint density at radius 3 is 2.76 bits per heavy atom. The molecule has 0 aliphatic carbocycles. The number of hydrogen-bond acceptors (Lipinski definition) is 5. The van der Waals surface area contributed by atoms with Crippen LogP contribution in [0, 0.1) is 0 Å². The van der Waals surface area contributed by atoms with E-state index in [1.54, 1.807) is 18.3 Å². The van der Waals surface area contributed by atoms with Gasteiger partial charge in [-0.3, -0.25) is 4.98 Å². The van der Waals surface area contributed by atoms with Gasteiger partial charge in [0.05, 0.1) is 18.4 Å². The number of halogens is 2. The maximum atomic E-state index is 11.6. The minimum absolute atomic E-state index is 0. The average Bonchev–Trinajstić information content (AvgIpc) is 2.48. The van der Waals surface area contributed by atoms with Crippen LogP contribution in [0.1, 0.15) is 22.5 Å². The molecule has 2 rings (SSSR count). The highest BCUT2D eigenvalue weighted by atomic mass is 35.5. The Morgan fingerprint density at radius 1 is 1.38 bits per heavy atom. The first-order valence-electron chi connectivity index (χ1n) is 6.76. The third kappa shape index (κ3) is 6.18. The summed E-state index contributed by atoms with van der Waals surface area (Å²) in [4.78, 5) is 18.4. The van der Waals surface area contributed by atoms with Crippen molar-refractivity contribution in [2.45, 2.75) is 12.8 Å². The normalized spacial score (nSPS) is 14.7. The second kappa shape index (κ2) is 10.8. The number of ether oxygens (including phenoxy) is 1. The maximum absolute atomic E-state index is 11.6. The van der Waals surface area contributed by atoms with Crippen LogP contribution in [0.2, 0.25) is 0 Å². The summed E-state index contributed by atoms with van der Waals surface area (Å²) in [5.41, 5.74) is 1.43. The Hall–Kier alpha value is -0.880. The smallest absolute Gasteiger partial charge is 0.339 e.